The van der Waals surface area contributed by atoms with Gasteiger partial charge in [-0.25, -0.2) is 0 Å². The molecule has 0 saturated carbocycles. The van der Waals surface area contributed by atoms with Crippen molar-refractivity contribution in [1.29, 1.82) is 0 Å². The number of aliphatic hydroxyl groups excluding tert-OH is 2. The lowest BCUT2D eigenvalue weighted by atomic mass is 9.92. The van der Waals surface area contributed by atoms with Crippen molar-refractivity contribution in [2.75, 3.05) is 20.3 Å². The zero-order valence-electron chi connectivity index (χ0n) is 20.5. The Bertz CT molecular complexity index is 857. The highest BCUT2D eigenvalue weighted by Gasteiger charge is 2.30. The van der Waals surface area contributed by atoms with E-state index in [1.807, 2.05) is 0 Å². The molecule has 33 heavy (non-hydrogen) atoms. The predicted octanol–water partition coefficient (Wildman–Crippen LogP) is 5.13. The largest absolute Gasteiger partial charge is 0.485 e. The van der Waals surface area contributed by atoms with Gasteiger partial charge in [-0.2, -0.15) is 0 Å². The van der Waals surface area contributed by atoms with Crippen molar-refractivity contribution < 1.29 is 24.4 Å². The van der Waals surface area contributed by atoms with Gasteiger partial charge in [0.15, 0.2) is 0 Å². The molecule has 182 valence electrons. The highest BCUT2D eigenvalue weighted by Crippen LogP contribution is 2.33. The van der Waals surface area contributed by atoms with Gasteiger partial charge in [0, 0.05) is 20.0 Å². The van der Waals surface area contributed by atoms with Crippen molar-refractivity contribution in [2.45, 2.75) is 83.2 Å². The van der Waals surface area contributed by atoms with Gasteiger partial charge in [-0.3, -0.25) is 0 Å². The zero-order valence-corrected chi connectivity index (χ0v) is 20.5. The Balaban J connectivity index is 1.72. The highest BCUT2D eigenvalue weighted by atomic mass is 16.5. The average Bonchev–Trinajstić information content (AvgIpc) is 2.81. The quantitative estimate of drug-likeness (QED) is 0.490. The third-order valence-electron chi connectivity index (χ3n) is 6.74. The Hall–Kier alpha value is -1.92. The molecule has 5 heteroatoms. The van der Waals surface area contributed by atoms with Crippen LogP contribution in [0.4, 0.5) is 0 Å². The van der Waals surface area contributed by atoms with E-state index in [0.29, 0.717) is 19.4 Å². The molecular weight excluding hydrogens is 416 g/mol. The van der Waals surface area contributed by atoms with E-state index in [1.165, 1.54) is 16.7 Å². The number of ether oxygens (including phenoxy) is 3. The average molecular weight is 457 g/mol. The molecular formula is C28H40O5. The normalized spacial score (nSPS) is 22.7. The van der Waals surface area contributed by atoms with Crippen molar-refractivity contribution in [3.05, 3.63) is 64.7 Å². The van der Waals surface area contributed by atoms with Crippen molar-refractivity contribution in [1.82, 2.24) is 0 Å². The molecule has 1 aliphatic rings. The summed E-state index contributed by atoms with van der Waals surface area (Å²) in [6.45, 7) is 6.96. The van der Waals surface area contributed by atoms with E-state index < -0.39 is 6.10 Å². The molecule has 2 aromatic carbocycles. The minimum atomic E-state index is -0.445. The van der Waals surface area contributed by atoms with E-state index in [-0.39, 0.29) is 24.4 Å². The molecule has 0 radical (unpaired) electrons. The fourth-order valence-corrected chi connectivity index (χ4v) is 4.77. The molecule has 5 nitrogen and oxygen atoms in total. The first-order valence-corrected chi connectivity index (χ1v) is 12.2. The van der Waals surface area contributed by atoms with Gasteiger partial charge >= 0.3 is 0 Å². The van der Waals surface area contributed by atoms with Crippen molar-refractivity contribution in [2.24, 2.45) is 0 Å². The second-order valence-corrected chi connectivity index (χ2v) is 9.38. The monoisotopic (exact) mass is 456 g/mol. The van der Waals surface area contributed by atoms with Crippen LogP contribution >= 0.6 is 0 Å². The van der Waals surface area contributed by atoms with Crippen LogP contribution in [-0.4, -0.2) is 48.3 Å². The Labute approximate surface area is 198 Å². The summed E-state index contributed by atoms with van der Waals surface area (Å²) in [5.41, 5.74) is 4.44. The van der Waals surface area contributed by atoms with E-state index in [1.54, 1.807) is 7.11 Å². The predicted molar refractivity (Wildman–Crippen MR) is 131 cm³/mol. The highest BCUT2D eigenvalue weighted by molar-refractivity contribution is 5.38. The number of methoxy groups -OCH3 is 1. The lowest BCUT2D eigenvalue weighted by molar-refractivity contribution is -0.113. The van der Waals surface area contributed by atoms with Crippen LogP contribution in [0.5, 0.6) is 5.75 Å². The molecule has 2 N–H and O–H groups in total. The molecule has 0 amide bonds. The molecule has 3 rings (SSSR count). The van der Waals surface area contributed by atoms with Crippen LogP contribution < -0.4 is 4.74 Å². The second-order valence-electron chi connectivity index (χ2n) is 9.38. The standard InChI is InChI=1S/C28H40O5/c1-5-13-28(6-2,19-31-4)33-25-11-8-21(9-12-25)14-23-15-22(10-7-20(23)3)27-17-24(30)16-26(18-29)32-27/h7-12,15,24,26-27,29-30H,5-6,13-14,16-19H2,1-4H3/t24-,26-,27+,28?/m0/s1. The molecule has 0 spiro atoms. The lowest BCUT2D eigenvalue weighted by Crippen LogP contribution is -2.40. The Morgan fingerprint density at radius 1 is 1.09 bits per heavy atom. The second kappa shape index (κ2) is 12.0. The molecule has 4 atom stereocenters. The van der Waals surface area contributed by atoms with Gasteiger partial charge in [-0.05, 0) is 60.6 Å². The third kappa shape index (κ3) is 6.80. The fraction of sp³-hybridized carbons (Fsp3) is 0.571. The van der Waals surface area contributed by atoms with Gasteiger partial charge in [0.25, 0.3) is 0 Å². The molecule has 0 aromatic heterocycles. The number of rotatable bonds is 11. The fourth-order valence-electron chi connectivity index (χ4n) is 4.77. The smallest absolute Gasteiger partial charge is 0.132 e. The summed E-state index contributed by atoms with van der Waals surface area (Å²) in [6.07, 6.45) is 3.82. The topological polar surface area (TPSA) is 68.2 Å². The SMILES string of the molecule is CCCC(CC)(COC)Oc1ccc(Cc2cc([C@H]3C[C@@H](O)C[C@@H](CO)O3)ccc2C)cc1. The molecule has 2 aromatic rings. The summed E-state index contributed by atoms with van der Waals surface area (Å²) < 4.78 is 17.9. The van der Waals surface area contributed by atoms with Crippen LogP contribution in [-0.2, 0) is 15.9 Å². The maximum Gasteiger partial charge on any atom is 0.132 e. The van der Waals surface area contributed by atoms with Gasteiger partial charge in [-0.1, -0.05) is 50.6 Å². The van der Waals surface area contributed by atoms with Gasteiger partial charge in [0.2, 0.25) is 0 Å². The van der Waals surface area contributed by atoms with E-state index in [4.69, 9.17) is 14.2 Å². The molecule has 1 saturated heterocycles. The summed E-state index contributed by atoms with van der Waals surface area (Å²) in [6, 6.07) is 14.7. The summed E-state index contributed by atoms with van der Waals surface area (Å²) in [7, 11) is 1.73. The lowest BCUT2D eigenvalue weighted by Gasteiger charge is -2.33. The maximum atomic E-state index is 10.2. The van der Waals surface area contributed by atoms with Crippen LogP contribution in [0.2, 0.25) is 0 Å². The van der Waals surface area contributed by atoms with Crippen molar-refractivity contribution in [3.63, 3.8) is 0 Å². The first-order chi connectivity index (χ1) is 15.9. The number of aryl methyl sites for hydroxylation is 1. The van der Waals surface area contributed by atoms with Gasteiger partial charge in [0.05, 0.1) is 31.5 Å². The van der Waals surface area contributed by atoms with E-state index in [0.717, 1.165) is 37.0 Å². The molecule has 0 bridgehead atoms. The Morgan fingerprint density at radius 3 is 2.48 bits per heavy atom. The first-order valence-electron chi connectivity index (χ1n) is 12.2. The van der Waals surface area contributed by atoms with Crippen molar-refractivity contribution in [3.8, 4) is 5.75 Å². The van der Waals surface area contributed by atoms with Crippen LogP contribution in [0.3, 0.4) is 0 Å². The van der Waals surface area contributed by atoms with E-state index in [2.05, 4.69) is 63.2 Å². The minimum absolute atomic E-state index is 0.0668. The van der Waals surface area contributed by atoms with Crippen LogP contribution in [0.25, 0.3) is 0 Å². The van der Waals surface area contributed by atoms with Crippen LogP contribution in [0, 0.1) is 6.92 Å². The van der Waals surface area contributed by atoms with E-state index in [9.17, 15) is 10.2 Å². The van der Waals surface area contributed by atoms with Gasteiger partial charge in [0.1, 0.15) is 11.4 Å². The summed E-state index contributed by atoms with van der Waals surface area (Å²) in [5, 5.41) is 19.7. The van der Waals surface area contributed by atoms with Crippen LogP contribution in [0.1, 0.15) is 74.3 Å². The zero-order chi connectivity index (χ0) is 23.8. The molecule has 1 fully saturated rings. The van der Waals surface area contributed by atoms with Crippen molar-refractivity contribution >= 4 is 0 Å². The number of hydrogen-bond donors (Lipinski definition) is 2. The summed E-state index contributed by atoms with van der Waals surface area (Å²) in [5.74, 6) is 0.871. The van der Waals surface area contributed by atoms with Crippen LogP contribution in [0.15, 0.2) is 42.5 Å². The molecule has 1 heterocycles. The molecule has 0 aliphatic carbocycles. The summed E-state index contributed by atoms with van der Waals surface area (Å²) >= 11 is 0. The Kier molecular flexibility index (Phi) is 9.33. The van der Waals surface area contributed by atoms with Gasteiger partial charge in [-0.15, -0.1) is 0 Å². The number of benzene rings is 2. The third-order valence-corrected chi connectivity index (χ3v) is 6.74. The minimum Gasteiger partial charge on any atom is -0.485 e. The van der Waals surface area contributed by atoms with Gasteiger partial charge < -0.3 is 24.4 Å². The number of aliphatic hydroxyl groups is 2. The molecule has 1 unspecified atom stereocenters. The number of hydrogen-bond acceptors (Lipinski definition) is 5. The summed E-state index contributed by atoms with van der Waals surface area (Å²) in [4.78, 5) is 0. The van der Waals surface area contributed by atoms with E-state index >= 15 is 0 Å². The first kappa shape index (κ1) is 25.7. The Morgan fingerprint density at radius 2 is 1.85 bits per heavy atom. The maximum absolute atomic E-state index is 10.2. The molecule has 1 aliphatic heterocycles.